The van der Waals surface area contributed by atoms with E-state index in [0.29, 0.717) is 28.2 Å². The Morgan fingerprint density at radius 1 is 1.15 bits per heavy atom. The monoisotopic (exact) mass is 372 g/mol. The summed E-state index contributed by atoms with van der Waals surface area (Å²) in [4.78, 5) is 25.7. The van der Waals surface area contributed by atoms with Crippen molar-refractivity contribution in [2.45, 2.75) is 6.92 Å². The van der Waals surface area contributed by atoms with Crippen LogP contribution in [0, 0.1) is 18.8 Å². The first-order chi connectivity index (χ1) is 12.5. The molecule has 136 valence electrons. The summed E-state index contributed by atoms with van der Waals surface area (Å²) in [5.74, 6) is 2.44. The molecule has 2 aromatic rings. The van der Waals surface area contributed by atoms with Gasteiger partial charge in [-0.15, -0.1) is 0 Å². The third-order valence-corrected chi connectivity index (χ3v) is 5.51. The molecular formula is C19H21ClN4O2. The van der Waals surface area contributed by atoms with Gasteiger partial charge < -0.3 is 14.5 Å². The van der Waals surface area contributed by atoms with E-state index < -0.39 is 0 Å². The number of methoxy groups -OCH3 is 1. The second kappa shape index (κ2) is 6.76. The van der Waals surface area contributed by atoms with Gasteiger partial charge in [0, 0.05) is 54.8 Å². The first kappa shape index (κ1) is 17.1. The molecule has 0 bridgehead atoms. The molecule has 0 aliphatic carbocycles. The van der Waals surface area contributed by atoms with E-state index in [9.17, 15) is 4.79 Å². The maximum atomic E-state index is 13.0. The molecule has 1 amide bonds. The van der Waals surface area contributed by atoms with E-state index in [4.69, 9.17) is 16.3 Å². The molecule has 6 nitrogen and oxygen atoms in total. The number of hydrogen-bond donors (Lipinski definition) is 0. The number of carbonyl (C=O) groups is 1. The summed E-state index contributed by atoms with van der Waals surface area (Å²) >= 11 is 6.08. The number of aryl methyl sites for hydroxylation is 1. The standard InChI is InChI=1S/C19H21ClN4O2/c1-12-5-18(22-11-21-12)23-7-13-9-24(10-14(13)8-23)19(25)16-6-15(20)3-4-17(16)26-2/h3-6,11,13-14H,7-10H2,1-2H3. The van der Waals surface area contributed by atoms with Crippen LogP contribution in [0.1, 0.15) is 16.1 Å². The predicted octanol–water partition coefficient (Wildman–Crippen LogP) is 2.66. The highest BCUT2D eigenvalue weighted by molar-refractivity contribution is 6.31. The maximum absolute atomic E-state index is 13.0. The zero-order chi connectivity index (χ0) is 18.3. The summed E-state index contributed by atoms with van der Waals surface area (Å²) in [5.41, 5.74) is 1.50. The van der Waals surface area contributed by atoms with Crippen LogP contribution in [0.5, 0.6) is 5.75 Å². The maximum Gasteiger partial charge on any atom is 0.257 e. The number of hydrogen-bond acceptors (Lipinski definition) is 5. The van der Waals surface area contributed by atoms with Crippen molar-refractivity contribution in [2.24, 2.45) is 11.8 Å². The molecule has 2 unspecified atom stereocenters. The smallest absolute Gasteiger partial charge is 0.257 e. The molecule has 4 rings (SSSR count). The van der Waals surface area contributed by atoms with E-state index in [1.807, 2.05) is 17.9 Å². The first-order valence-corrected chi connectivity index (χ1v) is 9.09. The van der Waals surface area contributed by atoms with Crippen molar-refractivity contribution in [1.82, 2.24) is 14.9 Å². The summed E-state index contributed by atoms with van der Waals surface area (Å²) in [6.07, 6.45) is 1.61. The van der Waals surface area contributed by atoms with Crippen molar-refractivity contribution in [2.75, 3.05) is 38.2 Å². The molecule has 26 heavy (non-hydrogen) atoms. The van der Waals surface area contributed by atoms with Crippen LogP contribution < -0.4 is 9.64 Å². The van der Waals surface area contributed by atoms with Crippen molar-refractivity contribution >= 4 is 23.3 Å². The van der Waals surface area contributed by atoms with Gasteiger partial charge in [0.1, 0.15) is 17.9 Å². The number of rotatable bonds is 3. The van der Waals surface area contributed by atoms with Crippen molar-refractivity contribution in [3.05, 3.63) is 46.9 Å². The Kier molecular flexibility index (Phi) is 4.44. The van der Waals surface area contributed by atoms with Gasteiger partial charge in [-0.05, 0) is 25.1 Å². The number of ether oxygens (including phenoxy) is 1. The molecule has 0 spiro atoms. The fourth-order valence-corrected chi connectivity index (χ4v) is 4.15. The molecule has 7 heteroatoms. The average Bonchev–Trinajstić information content (AvgIpc) is 3.20. The number of aromatic nitrogens is 2. The zero-order valence-corrected chi connectivity index (χ0v) is 15.6. The molecule has 0 radical (unpaired) electrons. The third-order valence-electron chi connectivity index (χ3n) is 5.28. The lowest BCUT2D eigenvalue weighted by molar-refractivity contribution is 0.0779. The molecule has 2 fully saturated rings. The fraction of sp³-hybridized carbons (Fsp3) is 0.421. The second-order valence-electron chi connectivity index (χ2n) is 7.00. The van der Waals surface area contributed by atoms with Gasteiger partial charge in [-0.25, -0.2) is 9.97 Å². The Morgan fingerprint density at radius 3 is 2.54 bits per heavy atom. The quantitative estimate of drug-likeness (QED) is 0.829. The highest BCUT2D eigenvalue weighted by Gasteiger charge is 2.42. The van der Waals surface area contributed by atoms with Gasteiger partial charge in [-0.3, -0.25) is 4.79 Å². The van der Waals surface area contributed by atoms with Crippen LogP contribution in [0.3, 0.4) is 0 Å². The lowest BCUT2D eigenvalue weighted by Gasteiger charge is -2.23. The van der Waals surface area contributed by atoms with Crippen LogP contribution in [-0.2, 0) is 0 Å². The second-order valence-corrected chi connectivity index (χ2v) is 7.43. The number of likely N-dealkylation sites (tertiary alicyclic amines) is 1. The van der Waals surface area contributed by atoms with Gasteiger partial charge in [0.15, 0.2) is 0 Å². The van der Waals surface area contributed by atoms with Crippen molar-refractivity contribution < 1.29 is 9.53 Å². The lowest BCUT2D eigenvalue weighted by atomic mass is 10.0. The Morgan fingerprint density at radius 2 is 1.88 bits per heavy atom. The number of carbonyl (C=O) groups excluding carboxylic acids is 1. The summed E-state index contributed by atoms with van der Waals surface area (Å²) in [7, 11) is 1.57. The van der Waals surface area contributed by atoms with E-state index in [1.165, 1.54) is 0 Å². The van der Waals surface area contributed by atoms with Crippen molar-refractivity contribution in [3.8, 4) is 5.75 Å². The molecule has 2 atom stereocenters. The van der Waals surface area contributed by atoms with Gasteiger partial charge in [0.2, 0.25) is 0 Å². The van der Waals surface area contributed by atoms with Gasteiger partial charge in [-0.1, -0.05) is 11.6 Å². The van der Waals surface area contributed by atoms with E-state index in [-0.39, 0.29) is 5.91 Å². The molecule has 2 saturated heterocycles. The fourth-order valence-electron chi connectivity index (χ4n) is 3.98. The van der Waals surface area contributed by atoms with Gasteiger partial charge in [0.05, 0.1) is 12.7 Å². The Balaban J connectivity index is 1.46. The van der Waals surface area contributed by atoms with Crippen molar-refractivity contribution in [1.29, 1.82) is 0 Å². The van der Waals surface area contributed by atoms with Crippen LogP contribution in [0.15, 0.2) is 30.6 Å². The highest BCUT2D eigenvalue weighted by Crippen LogP contribution is 2.35. The molecular weight excluding hydrogens is 352 g/mol. The zero-order valence-electron chi connectivity index (χ0n) is 14.9. The van der Waals surface area contributed by atoms with Crippen LogP contribution in [0.25, 0.3) is 0 Å². The first-order valence-electron chi connectivity index (χ1n) is 8.71. The Bertz CT molecular complexity index is 830. The number of fused-ring (bicyclic) bond motifs is 1. The van der Waals surface area contributed by atoms with E-state index in [1.54, 1.807) is 31.6 Å². The van der Waals surface area contributed by atoms with E-state index in [2.05, 4.69) is 14.9 Å². The van der Waals surface area contributed by atoms with Gasteiger partial charge >= 0.3 is 0 Å². The van der Waals surface area contributed by atoms with Gasteiger partial charge in [-0.2, -0.15) is 0 Å². The molecule has 1 aromatic carbocycles. The Labute approximate surface area is 157 Å². The minimum absolute atomic E-state index is 0.0109. The predicted molar refractivity (Wildman–Crippen MR) is 99.9 cm³/mol. The topological polar surface area (TPSA) is 58.6 Å². The summed E-state index contributed by atoms with van der Waals surface area (Å²) in [6.45, 7) is 5.30. The number of amides is 1. The summed E-state index contributed by atoms with van der Waals surface area (Å²) in [5, 5.41) is 0.541. The molecule has 0 saturated carbocycles. The lowest BCUT2D eigenvalue weighted by Crippen LogP contribution is -2.33. The molecule has 2 aliphatic rings. The van der Waals surface area contributed by atoms with Gasteiger partial charge in [0.25, 0.3) is 5.91 Å². The largest absolute Gasteiger partial charge is 0.496 e. The number of benzene rings is 1. The minimum atomic E-state index is -0.0109. The molecule has 0 N–H and O–H groups in total. The minimum Gasteiger partial charge on any atom is -0.496 e. The van der Waals surface area contributed by atoms with Crippen LogP contribution >= 0.6 is 11.6 Å². The normalized spacial score (nSPS) is 21.8. The van der Waals surface area contributed by atoms with E-state index >= 15 is 0 Å². The SMILES string of the molecule is COc1ccc(Cl)cc1C(=O)N1CC2CN(c3cc(C)ncn3)CC2C1. The van der Waals surface area contributed by atoms with Crippen LogP contribution in [0.4, 0.5) is 5.82 Å². The number of nitrogens with zero attached hydrogens (tertiary/aromatic N) is 4. The third kappa shape index (κ3) is 3.09. The average molecular weight is 373 g/mol. The Hall–Kier alpha value is -2.34. The van der Waals surface area contributed by atoms with E-state index in [0.717, 1.165) is 37.7 Å². The van der Waals surface area contributed by atoms with Crippen LogP contribution in [0.2, 0.25) is 5.02 Å². The molecule has 2 aliphatic heterocycles. The summed E-state index contributed by atoms with van der Waals surface area (Å²) < 4.78 is 5.33. The van der Waals surface area contributed by atoms with Crippen molar-refractivity contribution in [3.63, 3.8) is 0 Å². The van der Waals surface area contributed by atoms with Crippen LogP contribution in [-0.4, -0.2) is 54.1 Å². The summed E-state index contributed by atoms with van der Waals surface area (Å²) in [6, 6.07) is 7.18. The molecule has 3 heterocycles. The number of halogens is 1. The number of anilines is 1. The molecule has 1 aromatic heterocycles. The highest BCUT2D eigenvalue weighted by atomic mass is 35.5.